The fourth-order valence-electron chi connectivity index (χ4n) is 3.88. The highest BCUT2D eigenvalue weighted by Gasteiger charge is 2.61. The molecule has 1 heterocycles. The van der Waals surface area contributed by atoms with E-state index in [1.165, 1.54) is 45.9 Å². The fourth-order valence-corrected chi connectivity index (χ4v) is 3.88. The van der Waals surface area contributed by atoms with E-state index in [1.807, 2.05) is 5.43 Å². The molecule has 0 aliphatic heterocycles. The van der Waals surface area contributed by atoms with Gasteiger partial charge in [-0.05, 0) is 52.2 Å². The average molecular weight is 657 g/mol. The highest BCUT2D eigenvalue weighted by atomic mass is 19.4. The number of hydrogen-bond acceptors (Lipinski definition) is 7. The highest BCUT2D eigenvalue weighted by molar-refractivity contribution is 6.02. The number of benzene rings is 1. The zero-order valence-electron chi connectivity index (χ0n) is 25.8. The van der Waals surface area contributed by atoms with E-state index in [1.54, 1.807) is 23.6 Å². The quantitative estimate of drug-likeness (QED) is 0.114. The summed E-state index contributed by atoms with van der Waals surface area (Å²) in [5.41, 5.74) is -2.82. The minimum atomic E-state index is -5.26. The lowest BCUT2D eigenvalue weighted by molar-refractivity contribution is -0.273. The lowest BCUT2D eigenvalue weighted by Gasteiger charge is -2.34. The van der Waals surface area contributed by atoms with Gasteiger partial charge in [-0.3, -0.25) is 25.8 Å². The van der Waals surface area contributed by atoms with E-state index in [2.05, 4.69) is 23.5 Å². The summed E-state index contributed by atoms with van der Waals surface area (Å²) in [6.07, 6.45) is -8.70. The van der Waals surface area contributed by atoms with Gasteiger partial charge in [-0.2, -0.15) is 13.2 Å². The molecule has 0 unspecified atom stereocenters. The maximum Gasteiger partial charge on any atom is 0.426 e. The molecule has 0 saturated heterocycles. The number of amides is 3. The number of nitrogens with one attached hydrogen (secondary N) is 3. The van der Waals surface area contributed by atoms with Crippen molar-refractivity contribution < 1.29 is 50.5 Å². The van der Waals surface area contributed by atoms with Gasteiger partial charge in [0.25, 0.3) is 18.2 Å². The number of halogens is 5. The summed E-state index contributed by atoms with van der Waals surface area (Å²) < 4.78 is 87.3. The summed E-state index contributed by atoms with van der Waals surface area (Å²) in [6.45, 7) is 12.4. The molecule has 0 aliphatic rings. The van der Waals surface area contributed by atoms with Crippen LogP contribution >= 0.6 is 0 Å². The van der Waals surface area contributed by atoms with Crippen LogP contribution in [0.3, 0.4) is 0 Å². The molecule has 0 saturated carbocycles. The minimum absolute atomic E-state index is 0.201. The second kappa shape index (κ2) is 16.2. The number of anilines is 1. The number of hydrogen-bond donors (Lipinski definition) is 3. The van der Waals surface area contributed by atoms with Crippen LogP contribution in [0.25, 0.3) is 0 Å². The van der Waals surface area contributed by atoms with Crippen molar-refractivity contribution in [3.63, 3.8) is 0 Å². The van der Waals surface area contributed by atoms with Crippen LogP contribution in [0.4, 0.5) is 32.4 Å². The van der Waals surface area contributed by atoms with Gasteiger partial charge in [-0.15, -0.1) is 13.2 Å². The summed E-state index contributed by atoms with van der Waals surface area (Å²) in [5, 5.41) is 2.14. The maximum atomic E-state index is 14.5. The van der Waals surface area contributed by atoms with E-state index in [0.717, 1.165) is 6.08 Å². The number of carbonyl (C=O) groups excluding carboxylic acids is 3. The van der Waals surface area contributed by atoms with Gasteiger partial charge in [0, 0.05) is 6.42 Å². The molecule has 0 spiro atoms. The number of aromatic nitrogens is 1. The number of rotatable bonds is 14. The Balaban J connectivity index is 2.50. The molecule has 1 aromatic heterocycles. The fraction of sp³-hybridized carbons (Fsp3) is 0.419. The third-order valence-corrected chi connectivity index (χ3v) is 6.06. The monoisotopic (exact) mass is 656 g/mol. The van der Waals surface area contributed by atoms with Crippen molar-refractivity contribution in [1.82, 2.24) is 15.8 Å². The Labute approximate surface area is 263 Å². The topological polar surface area (TPSA) is 128 Å². The van der Waals surface area contributed by atoms with Crippen LogP contribution in [0.2, 0.25) is 0 Å². The summed E-state index contributed by atoms with van der Waals surface area (Å²) in [4.78, 5) is 42.8. The molecule has 10 nitrogen and oxygen atoms in total. The third kappa shape index (κ3) is 10.5. The Hall–Kier alpha value is -4.53. The molecule has 2 rings (SSSR count). The molecule has 3 N–H and O–H groups in total. The number of allylic oxidation sites excluding steroid dienone is 1. The second-order valence-electron chi connectivity index (χ2n) is 11.0. The molecule has 2 aromatic rings. The van der Waals surface area contributed by atoms with Crippen LogP contribution in [0.1, 0.15) is 75.0 Å². The van der Waals surface area contributed by atoms with Crippen molar-refractivity contribution >= 4 is 23.6 Å². The van der Waals surface area contributed by atoms with Crippen LogP contribution in [0.15, 0.2) is 61.7 Å². The van der Waals surface area contributed by atoms with E-state index in [-0.39, 0.29) is 12.8 Å². The van der Waals surface area contributed by atoms with Crippen molar-refractivity contribution in [1.29, 1.82) is 0 Å². The van der Waals surface area contributed by atoms with E-state index < -0.39 is 83.7 Å². The van der Waals surface area contributed by atoms with Crippen LogP contribution < -0.4 is 20.9 Å². The predicted molar refractivity (Wildman–Crippen MR) is 159 cm³/mol. The number of carbonyl (C=O) groups is 3. The van der Waals surface area contributed by atoms with Crippen LogP contribution in [0.5, 0.6) is 5.88 Å². The number of ether oxygens (including phenoxy) is 3. The molecule has 252 valence electrons. The number of nitrogens with zero attached hydrogens (tertiary/aromatic N) is 1. The van der Waals surface area contributed by atoms with E-state index in [4.69, 9.17) is 14.2 Å². The van der Waals surface area contributed by atoms with Crippen molar-refractivity contribution in [2.24, 2.45) is 0 Å². The first-order chi connectivity index (χ1) is 21.4. The molecular weight excluding hydrogens is 619 g/mol. The van der Waals surface area contributed by atoms with Crippen molar-refractivity contribution in [3.8, 4) is 5.88 Å². The van der Waals surface area contributed by atoms with Crippen molar-refractivity contribution in [2.75, 3.05) is 5.32 Å². The lowest BCUT2D eigenvalue weighted by Crippen LogP contribution is -2.61. The van der Waals surface area contributed by atoms with Crippen LogP contribution in [-0.4, -0.2) is 46.4 Å². The average Bonchev–Trinajstić information content (AvgIpc) is 2.95. The molecule has 1 aromatic carbocycles. The number of alkyl halides is 5. The zero-order chi connectivity index (χ0) is 34.7. The van der Waals surface area contributed by atoms with Gasteiger partial charge in [0.05, 0.1) is 17.9 Å². The van der Waals surface area contributed by atoms with Gasteiger partial charge in [0.1, 0.15) is 11.7 Å². The maximum absolute atomic E-state index is 14.5. The molecular formula is C31H37F5N4O6. The summed E-state index contributed by atoms with van der Waals surface area (Å²) in [7, 11) is 0. The zero-order valence-corrected chi connectivity index (χ0v) is 25.8. The molecule has 46 heavy (non-hydrogen) atoms. The summed E-state index contributed by atoms with van der Waals surface area (Å²) in [5.74, 6) is -3.87. The van der Waals surface area contributed by atoms with E-state index in [9.17, 15) is 36.3 Å². The highest BCUT2D eigenvalue weighted by Crippen LogP contribution is 2.39. The molecule has 0 radical (unpaired) electrons. The molecule has 0 aliphatic carbocycles. The van der Waals surface area contributed by atoms with E-state index >= 15 is 0 Å². The minimum Gasteiger partial charge on any atom is -0.474 e. The summed E-state index contributed by atoms with van der Waals surface area (Å²) >= 11 is 0. The van der Waals surface area contributed by atoms with Gasteiger partial charge < -0.3 is 14.2 Å². The Morgan fingerprint density at radius 1 is 1.02 bits per heavy atom. The summed E-state index contributed by atoms with van der Waals surface area (Å²) in [6, 6.07) is 8.49. The van der Waals surface area contributed by atoms with Crippen molar-refractivity contribution in [2.45, 2.75) is 83.5 Å². The Bertz CT molecular complexity index is 1380. The third-order valence-electron chi connectivity index (χ3n) is 6.06. The van der Waals surface area contributed by atoms with Crippen molar-refractivity contribution in [3.05, 3.63) is 78.5 Å². The van der Waals surface area contributed by atoms with Crippen LogP contribution in [-0.2, 0) is 20.9 Å². The SMILES string of the molecule is C=CCC[C@@](OCc1ccccc1)(C(=O)NNC(=O)c1nc(O[C@H](C)CC=C)c(C(F)F)cc1NC(=O)OC(C)(C)C)C(F)(F)F. The van der Waals surface area contributed by atoms with Gasteiger partial charge in [-0.25, -0.2) is 18.6 Å². The van der Waals surface area contributed by atoms with Crippen LogP contribution in [0, 0.1) is 0 Å². The molecule has 15 heteroatoms. The Kier molecular flexibility index (Phi) is 13.2. The van der Waals surface area contributed by atoms with Gasteiger partial charge in [-0.1, -0.05) is 42.5 Å². The first-order valence-corrected chi connectivity index (χ1v) is 14.0. The number of pyridine rings is 1. The van der Waals surface area contributed by atoms with Gasteiger partial charge >= 0.3 is 12.3 Å². The molecule has 3 amide bonds. The smallest absolute Gasteiger partial charge is 0.426 e. The standard InChI is InChI=1S/C31H37F5N4O6/c1-7-9-16-30(31(34,35)36,44-18-20-14-11-10-12-15-20)27(42)40-39-25(41)23-22(37-28(43)46-29(4,5)6)17-21(24(32)33)26(38-23)45-19(3)13-8-2/h7-8,10-12,14-15,17,19,24H,1-2,9,13,16,18H2,3-6H3,(H,37,43)(H,39,41)(H,40,42)/t19-,30-/m1/s1. The predicted octanol–water partition coefficient (Wildman–Crippen LogP) is 6.95. The first kappa shape index (κ1) is 37.7. The lowest BCUT2D eigenvalue weighted by atomic mass is 9.95. The number of hydrazine groups is 1. The van der Waals surface area contributed by atoms with E-state index in [0.29, 0.717) is 11.6 Å². The molecule has 2 atom stereocenters. The molecule has 0 fully saturated rings. The van der Waals surface area contributed by atoms with Gasteiger partial charge in [0.2, 0.25) is 11.5 Å². The second-order valence-corrected chi connectivity index (χ2v) is 11.0. The first-order valence-electron chi connectivity index (χ1n) is 14.0. The van der Waals surface area contributed by atoms with Gasteiger partial charge in [0.15, 0.2) is 5.69 Å². The Morgan fingerprint density at radius 3 is 2.22 bits per heavy atom. The largest absolute Gasteiger partial charge is 0.474 e. The Morgan fingerprint density at radius 2 is 1.67 bits per heavy atom. The normalized spacial score (nSPS) is 13.6. The molecule has 0 bridgehead atoms.